The summed E-state index contributed by atoms with van der Waals surface area (Å²) in [6.07, 6.45) is 3.23. The first kappa shape index (κ1) is 18.6. The van der Waals surface area contributed by atoms with Crippen LogP contribution in [0, 0.1) is 6.92 Å². The normalized spacial score (nSPS) is 18.2. The van der Waals surface area contributed by atoms with E-state index in [-0.39, 0.29) is 17.9 Å². The smallest absolute Gasteiger partial charge is 0.295 e. The molecule has 1 N–H and O–H groups in total. The van der Waals surface area contributed by atoms with Crippen LogP contribution in [0.1, 0.15) is 28.3 Å². The van der Waals surface area contributed by atoms with E-state index in [1.54, 1.807) is 36.7 Å². The highest BCUT2D eigenvalue weighted by Crippen LogP contribution is 2.40. The first-order valence-electron chi connectivity index (χ1n) is 9.35. The van der Waals surface area contributed by atoms with Crippen LogP contribution >= 0.6 is 0 Å². The molecular weight excluding hydrogens is 364 g/mol. The van der Waals surface area contributed by atoms with E-state index in [2.05, 4.69) is 4.98 Å². The van der Waals surface area contributed by atoms with Gasteiger partial charge in [-0.2, -0.15) is 0 Å². The van der Waals surface area contributed by atoms with Gasteiger partial charge in [-0.3, -0.25) is 14.6 Å². The maximum atomic E-state index is 12.9. The summed E-state index contributed by atoms with van der Waals surface area (Å²) < 4.78 is 0. The molecule has 1 aliphatic heterocycles. The number of benzene rings is 2. The number of nitrogens with zero attached hydrogens (tertiary/aromatic N) is 2. The maximum absolute atomic E-state index is 12.9. The Labute approximate surface area is 169 Å². The second-order valence-corrected chi connectivity index (χ2v) is 7.06. The Balaban J connectivity index is 1.85. The first-order chi connectivity index (χ1) is 14.1. The minimum atomic E-state index is -0.681. The Morgan fingerprint density at radius 2 is 1.62 bits per heavy atom. The van der Waals surface area contributed by atoms with Crippen LogP contribution in [-0.4, -0.2) is 26.7 Å². The lowest BCUT2D eigenvalue weighted by molar-refractivity contribution is -0.140. The van der Waals surface area contributed by atoms with E-state index in [4.69, 9.17) is 0 Å². The zero-order valence-electron chi connectivity index (χ0n) is 15.9. The maximum Gasteiger partial charge on any atom is 0.295 e. The molecule has 5 heteroatoms. The zero-order valence-corrected chi connectivity index (χ0v) is 15.9. The second-order valence-electron chi connectivity index (χ2n) is 7.06. The number of rotatable bonds is 4. The molecule has 3 aromatic rings. The molecular formula is C24H20N2O3. The van der Waals surface area contributed by atoms with Gasteiger partial charge in [0.15, 0.2) is 0 Å². The van der Waals surface area contributed by atoms with Gasteiger partial charge in [0.25, 0.3) is 11.7 Å². The fraction of sp³-hybridized carbons (Fsp3) is 0.125. The highest BCUT2D eigenvalue weighted by Gasteiger charge is 2.46. The van der Waals surface area contributed by atoms with Crippen LogP contribution in [-0.2, 0) is 16.1 Å². The van der Waals surface area contributed by atoms with Crippen LogP contribution in [0.2, 0.25) is 0 Å². The minimum Gasteiger partial charge on any atom is -0.507 e. The molecule has 2 aromatic carbocycles. The largest absolute Gasteiger partial charge is 0.507 e. The van der Waals surface area contributed by atoms with Gasteiger partial charge >= 0.3 is 0 Å². The van der Waals surface area contributed by atoms with Crippen LogP contribution < -0.4 is 0 Å². The summed E-state index contributed by atoms with van der Waals surface area (Å²) in [5.41, 5.74) is 3.28. The Kier molecular flexibility index (Phi) is 4.96. The van der Waals surface area contributed by atoms with Gasteiger partial charge in [-0.25, -0.2) is 0 Å². The van der Waals surface area contributed by atoms with Crippen molar-refractivity contribution in [3.8, 4) is 0 Å². The molecule has 1 amide bonds. The van der Waals surface area contributed by atoms with Gasteiger partial charge in [0.1, 0.15) is 5.76 Å². The minimum absolute atomic E-state index is 0.0981. The predicted octanol–water partition coefficient (Wildman–Crippen LogP) is 4.01. The number of aromatic nitrogens is 1. The van der Waals surface area contributed by atoms with Crippen molar-refractivity contribution in [2.75, 3.05) is 0 Å². The van der Waals surface area contributed by atoms with Gasteiger partial charge in [0.2, 0.25) is 0 Å². The Bertz CT molecular complexity index is 1070. The number of hydrogen-bond donors (Lipinski definition) is 1. The van der Waals surface area contributed by atoms with E-state index >= 15 is 0 Å². The number of likely N-dealkylation sites (tertiary alicyclic amines) is 1. The van der Waals surface area contributed by atoms with Gasteiger partial charge in [0, 0.05) is 24.5 Å². The predicted molar refractivity (Wildman–Crippen MR) is 110 cm³/mol. The summed E-state index contributed by atoms with van der Waals surface area (Å²) in [6, 6.07) is 19.5. The van der Waals surface area contributed by atoms with Gasteiger partial charge < -0.3 is 10.0 Å². The van der Waals surface area contributed by atoms with E-state index < -0.39 is 17.7 Å². The molecule has 0 radical (unpaired) electrons. The van der Waals surface area contributed by atoms with Gasteiger partial charge in [0.05, 0.1) is 11.6 Å². The molecule has 0 aliphatic carbocycles. The topological polar surface area (TPSA) is 70.5 Å². The molecule has 4 rings (SSSR count). The molecule has 2 heterocycles. The third kappa shape index (κ3) is 3.55. The summed E-state index contributed by atoms with van der Waals surface area (Å²) >= 11 is 0. The summed E-state index contributed by atoms with van der Waals surface area (Å²) in [5, 5.41) is 11.0. The SMILES string of the molecule is Cc1ccc(C(O)=C2C(=O)C(=O)N(Cc3ccccc3)C2c2ccncc2)cc1. The summed E-state index contributed by atoms with van der Waals surface area (Å²) in [7, 11) is 0. The molecule has 0 saturated carbocycles. The quantitative estimate of drug-likeness (QED) is 0.419. The number of carbonyl (C=O) groups is 2. The van der Waals surface area contributed by atoms with E-state index in [9.17, 15) is 14.7 Å². The number of pyridine rings is 1. The van der Waals surface area contributed by atoms with Crippen LogP contribution in [0.25, 0.3) is 5.76 Å². The van der Waals surface area contributed by atoms with Crippen molar-refractivity contribution < 1.29 is 14.7 Å². The molecule has 1 aliphatic rings. The number of hydrogen-bond acceptors (Lipinski definition) is 4. The van der Waals surface area contributed by atoms with Crippen molar-refractivity contribution in [2.24, 2.45) is 0 Å². The molecule has 29 heavy (non-hydrogen) atoms. The highest BCUT2D eigenvalue weighted by molar-refractivity contribution is 6.46. The highest BCUT2D eigenvalue weighted by atomic mass is 16.3. The Hall–Kier alpha value is -3.73. The monoisotopic (exact) mass is 384 g/mol. The van der Waals surface area contributed by atoms with Crippen molar-refractivity contribution in [2.45, 2.75) is 19.5 Å². The third-order valence-corrected chi connectivity index (χ3v) is 5.08. The van der Waals surface area contributed by atoms with Crippen molar-refractivity contribution in [1.82, 2.24) is 9.88 Å². The van der Waals surface area contributed by atoms with E-state index in [0.29, 0.717) is 5.56 Å². The van der Waals surface area contributed by atoms with E-state index in [1.807, 2.05) is 49.4 Å². The Morgan fingerprint density at radius 3 is 2.28 bits per heavy atom. The molecule has 1 fully saturated rings. The lowest BCUT2D eigenvalue weighted by atomic mass is 9.95. The number of amides is 1. The average molecular weight is 384 g/mol. The van der Waals surface area contributed by atoms with E-state index in [0.717, 1.165) is 16.7 Å². The van der Waals surface area contributed by atoms with E-state index in [1.165, 1.54) is 4.90 Å². The van der Waals surface area contributed by atoms with Crippen molar-refractivity contribution in [3.63, 3.8) is 0 Å². The molecule has 1 saturated heterocycles. The number of aliphatic hydroxyl groups is 1. The molecule has 0 spiro atoms. The van der Waals surface area contributed by atoms with Crippen LogP contribution in [0.4, 0.5) is 0 Å². The van der Waals surface area contributed by atoms with Crippen LogP contribution in [0.5, 0.6) is 0 Å². The average Bonchev–Trinajstić information content (AvgIpc) is 3.00. The molecule has 0 bridgehead atoms. The van der Waals surface area contributed by atoms with Crippen LogP contribution in [0.15, 0.2) is 84.7 Å². The van der Waals surface area contributed by atoms with Crippen molar-refractivity contribution in [3.05, 3.63) is 107 Å². The molecule has 1 aromatic heterocycles. The molecule has 5 nitrogen and oxygen atoms in total. The van der Waals surface area contributed by atoms with Crippen LogP contribution in [0.3, 0.4) is 0 Å². The van der Waals surface area contributed by atoms with Gasteiger partial charge in [-0.15, -0.1) is 0 Å². The van der Waals surface area contributed by atoms with Crippen molar-refractivity contribution >= 4 is 17.4 Å². The number of Topliss-reactive ketones (excluding diaryl/α,β-unsaturated/α-hetero) is 1. The zero-order chi connectivity index (χ0) is 20.4. The van der Waals surface area contributed by atoms with Gasteiger partial charge in [-0.05, 0) is 30.2 Å². The number of ketones is 1. The molecule has 1 unspecified atom stereocenters. The number of aliphatic hydroxyl groups excluding tert-OH is 1. The third-order valence-electron chi connectivity index (χ3n) is 5.08. The van der Waals surface area contributed by atoms with Crippen molar-refractivity contribution in [1.29, 1.82) is 0 Å². The second kappa shape index (κ2) is 7.72. The summed E-state index contributed by atoms with van der Waals surface area (Å²) in [6.45, 7) is 2.21. The number of carbonyl (C=O) groups excluding carboxylic acids is 2. The fourth-order valence-corrected chi connectivity index (χ4v) is 3.58. The standard InChI is InChI=1S/C24H20N2O3/c1-16-7-9-19(10-8-16)22(27)20-21(18-11-13-25-14-12-18)26(24(29)23(20)28)15-17-5-3-2-4-6-17/h2-14,21,27H,15H2,1H3. The molecule has 144 valence electrons. The fourth-order valence-electron chi connectivity index (χ4n) is 3.58. The van der Waals surface area contributed by atoms with Gasteiger partial charge in [-0.1, -0.05) is 60.2 Å². The Morgan fingerprint density at radius 1 is 0.966 bits per heavy atom. The summed E-state index contributed by atoms with van der Waals surface area (Å²) in [4.78, 5) is 31.4. The summed E-state index contributed by atoms with van der Waals surface area (Å²) in [5.74, 6) is -1.47. The molecule has 1 atom stereocenters. The lowest BCUT2D eigenvalue weighted by Gasteiger charge is -2.25. The first-order valence-corrected chi connectivity index (χ1v) is 9.35. The number of aryl methyl sites for hydroxylation is 1. The lowest BCUT2D eigenvalue weighted by Crippen LogP contribution is -2.29.